The molecular weight excluding hydrogens is 284 g/mol. The molecule has 0 bridgehead atoms. The maximum absolute atomic E-state index is 12.5. The van der Waals surface area contributed by atoms with E-state index in [9.17, 15) is 4.79 Å². The van der Waals surface area contributed by atoms with E-state index in [0.29, 0.717) is 6.42 Å². The van der Waals surface area contributed by atoms with Crippen molar-refractivity contribution in [2.75, 3.05) is 19.6 Å². The lowest BCUT2D eigenvalue weighted by Crippen LogP contribution is -2.30. The van der Waals surface area contributed by atoms with Crippen molar-refractivity contribution in [3.05, 3.63) is 42.4 Å². The van der Waals surface area contributed by atoms with Crippen molar-refractivity contribution in [1.29, 1.82) is 0 Å². The fourth-order valence-electron chi connectivity index (χ4n) is 3.52. The van der Waals surface area contributed by atoms with Gasteiger partial charge in [0.15, 0.2) is 5.78 Å². The van der Waals surface area contributed by atoms with Crippen molar-refractivity contribution >= 4 is 16.7 Å². The van der Waals surface area contributed by atoms with Crippen LogP contribution in [0.2, 0.25) is 0 Å². The van der Waals surface area contributed by atoms with E-state index >= 15 is 0 Å². The highest BCUT2D eigenvalue weighted by Crippen LogP contribution is 2.22. The Balaban J connectivity index is 1.45. The van der Waals surface area contributed by atoms with Crippen molar-refractivity contribution in [2.24, 2.45) is 7.05 Å². The number of aryl methyl sites for hydroxylation is 1. The van der Waals surface area contributed by atoms with Crippen LogP contribution in [0.1, 0.15) is 48.9 Å². The summed E-state index contributed by atoms with van der Waals surface area (Å²) < 4.78 is 2.05. The molecule has 0 aliphatic carbocycles. The molecule has 23 heavy (non-hydrogen) atoms. The predicted molar refractivity (Wildman–Crippen MR) is 95.7 cm³/mol. The molecule has 1 aliphatic rings. The second-order valence-electron chi connectivity index (χ2n) is 6.61. The van der Waals surface area contributed by atoms with Gasteiger partial charge in [-0.05, 0) is 57.8 Å². The highest BCUT2D eigenvalue weighted by atomic mass is 16.1. The Morgan fingerprint density at radius 3 is 2.70 bits per heavy atom. The van der Waals surface area contributed by atoms with E-state index < -0.39 is 0 Å². The lowest BCUT2D eigenvalue weighted by molar-refractivity contribution is 0.0980. The normalized spacial score (nSPS) is 16.0. The van der Waals surface area contributed by atoms with Crippen LogP contribution in [-0.4, -0.2) is 34.9 Å². The fraction of sp³-hybridized carbons (Fsp3) is 0.500. The van der Waals surface area contributed by atoms with E-state index in [1.807, 2.05) is 25.4 Å². The number of ketones is 1. The lowest BCUT2D eigenvalue weighted by Gasteiger charge is -2.26. The first-order valence-corrected chi connectivity index (χ1v) is 8.87. The van der Waals surface area contributed by atoms with Crippen molar-refractivity contribution in [3.63, 3.8) is 0 Å². The van der Waals surface area contributed by atoms with Gasteiger partial charge >= 0.3 is 0 Å². The minimum Gasteiger partial charge on any atom is -0.350 e. The zero-order chi connectivity index (χ0) is 16.1. The number of carbonyl (C=O) groups is 1. The number of carbonyl (C=O) groups excluding carboxylic acids is 1. The zero-order valence-corrected chi connectivity index (χ0v) is 14.1. The molecule has 1 fully saturated rings. The number of hydrogen-bond donors (Lipinski definition) is 0. The number of nitrogens with zero attached hydrogens (tertiary/aromatic N) is 2. The highest BCUT2D eigenvalue weighted by molar-refractivity contribution is 6.08. The molecule has 3 heteroatoms. The maximum Gasteiger partial charge on any atom is 0.165 e. The Hall–Kier alpha value is -1.61. The number of rotatable bonds is 7. The second-order valence-corrected chi connectivity index (χ2v) is 6.61. The smallest absolute Gasteiger partial charge is 0.165 e. The Bertz CT molecular complexity index is 653. The molecule has 0 amide bonds. The molecule has 1 saturated heterocycles. The minimum atomic E-state index is 0.286. The van der Waals surface area contributed by atoms with Crippen LogP contribution in [0.5, 0.6) is 0 Å². The lowest BCUT2D eigenvalue weighted by atomic mass is 10.0. The van der Waals surface area contributed by atoms with Crippen LogP contribution in [0.25, 0.3) is 10.9 Å². The first-order valence-electron chi connectivity index (χ1n) is 8.87. The van der Waals surface area contributed by atoms with Gasteiger partial charge in [-0.15, -0.1) is 0 Å². The van der Waals surface area contributed by atoms with Gasteiger partial charge in [-0.2, -0.15) is 0 Å². The van der Waals surface area contributed by atoms with Crippen LogP contribution < -0.4 is 0 Å². The maximum atomic E-state index is 12.5. The van der Waals surface area contributed by atoms with Gasteiger partial charge in [0.1, 0.15) is 0 Å². The van der Waals surface area contributed by atoms with Crippen LogP contribution in [-0.2, 0) is 7.05 Å². The monoisotopic (exact) mass is 311 g/mol. The number of piperidine rings is 1. The number of para-hydroxylation sites is 1. The summed E-state index contributed by atoms with van der Waals surface area (Å²) in [4.78, 5) is 15.1. The summed E-state index contributed by atoms with van der Waals surface area (Å²) in [6.07, 6.45) is 10.9. The summed E-state index contributed by atoms with van der Waals surface area (Å²) in [6.45, 7) is 3.63. The number of hydrogen-bond acceptors (Lipinski definition) is 2. The third-order valence-corrected chi connectivity index (χ3v) is 4.87. The molecule has 0 spiro atoms. The molecule has 2 heterocycles. The Morgan fingerprint density at radius 1 is 1.09 bits per heavy atom. The van der Waals surface area contributed by atoms with Gasteiger partial charge in [-0.25, -0.2) is 0 Å². The number of unbranched alkanes of at least 4 members (excludes halogenated alkanes) is 2. The van der Waals surface area contributed by atoms with Gasteiger partial charge in [0.25, 0.3) is 0 Å². The Kier molecular flexibility index (Phi) is 5.50. The Morgan fingerprint density at radius 2 is 1.87 bits per heavy atom. The molecule has 3 nitrogen and oxygen atoms in total. The molecule has 1 aliphatic heterocycles. The van der Waals surface area contributed by atoms with Gasteiger partial charge in [0, 0.05) is 36.1 Å². The van der Waals surface area contributed by atoms with Crippen LogP contribution in [0.4, 0.5) is 0 Å². The van der Waals surface area contributed by atoms with Crippen LogP contribution in [0, 0.1) is 6.42 Å². The number of fused-ring (bicyclic) bond motifs is 1. The number of Topliss-reactive ketones (excluding diaryl/α,β-unsaturated/α-hetero) is 1. The zero-order valence-electron chi connectivity index (χ0n) is 14.1. The molecule has 1 radical (unpaired) electrons. The van der Waals surface area contributed by atoms with E-state index in [0.717, 1.165) is 29.3 Å². The first kappa shape index (κ1) is 16.3. The third kappa shape index (κ3) is 4.03. The molecule has 123 valence electrons. The molecule has 3 rings (SSSR count). The minimum absolute atomic E-state index is 0.286. The summed E-state index contributed by atoms with van der Waals surface area (Å²) in [5.41, 5.74) is 2.02. The molecule has 0 saturated carbocycles. The summed E-state index contributed by atoms with van der Waals surface area (Å²) in [5.74, 6) is 0.286. The molecule has 1 aromatic heterocycles. The topological polar surface area (TPSA) is 25.2 Å². The van der Waals surface area contributed by atoms with Crippen LogP contribution in [0.3, 0.4) is 0 Å². The summed E-state index contributed by atoms with van der Waals surface area (Å²) in [6, 6.07) is 8.15. The SMILES string of the molecule is Cn1cc(C(=O)CCCCCN2CC[CH]CC2)c2ccccc21. The average molecular weight is 311 g/mol. The highest BCUT2D eigenvalue weighted by Gasteiger charge is 2.13. The number of benzene rings is 1. The number of aromatic nitrogens is 1. The first-order chi connectivity index (χ1) is 11.3. The number of likely N-dealkylation sites (tertiary alicyclic amines) is 1. The van der Waals surface area contributed by atoms with Crippen molar-refractivity contribution in [3.8, 4) is 0 Å². The molecule has 2 aromatic rings. The van der Waals surface area contributed by atoms with Gasteiger partial charge in [-0.1, -0.05) is 24.6 Å². The van der Waals surface area contributed by atoms with E-state index in [4.69, 9.17) is 0 Å². The standard InChI is InChI=1S/C20H27N2O/c1-21-16-18(17-10-5-6-11-19(17)21)20(23)12-4-2-7-13-22-14-8-3-9-15-22/h3,5-6,10-11,16H,2,4,7-9,12-15H2,1H3. The predicted octanol–water partition coefficient (Wildman–Crippen LogP) is 4.22. The molecule has 0 unspecified atom stereocenters. The van der Waals surface area contributed by atoms with Crippen LogP contribution in [0.15, 0.2) is 30.5 Å². The summed E-state index contributed by atoms with van der Waals surface area (Å²) in [7, 11) is 2.01. The van der Waals surface area contributed by atoms with Crippen LogP contribution >= 0.6 is 0 Å². The van der Waals surface area contributed by atoms with E-state index in [2.05, 4.69) is 28.0 Å². The second kappa shape index (κ2) is 7.78. The van der Waals surface area contributed by atoms with Gasteiger partial charge in [-0.3, -0.25) is 4.79 Å². The van der Waals surface area contributed by atoms with E-state index in [-0.39, 0.29) is 5.78 Å². The largest absolute Gasteiger partial charge is 0.350 e. The fourth-order valence-corrected chi connectivity index (χ4v) is 3.52. The summed E-state index contributed by atoms with van der Waals surface area (Å²) in [5, 5.41) is 1.09. The molecular formula is C20H27N2O. The third-order valence-electron chi connectivity index (χ3n) is 4.87. The summed E-state index contributed by atoms with van der Waals surface area (Å²) >= 11 is 0. The van der Waals surface area contributed by atoms with Crippen molar-refractivity contribution in [1.82, 2.24) is 9.47 Å². The van der Waals surface area contributed by atoms with E-state index in [1.165, 1.54) is 38.9 Å². The van der Waals surface area contributed by atoms with Gasteiger partial charge in [0.2, 0.25) is 0 Å². The van der Waals surface area contributed by atoms with Gasteiger partial charge < -0.3 is 9.47 Å². The van der Waals surface area contributed by atoms with E-state index in [1.54, 1.807) is 0 Å². The van der Waals surface area contributed by atoms with Gasteiger partial charge in [0.05, 0.1) is 0 Å². The average Bonchev–Trinajstić information content (AvgIpc) is 2.93. The quantitative estimate of drug-likeness (QED) is 0.565. The van der Waals surface area contributed by atoms with Crippen molar-refractivity contribution in [2.45, 2.75) is 38.5 Å². The molecule has 0 N–H and O–H groups in total. The van der Waals surface area contributed by atoms with Crippen molar-refractivity contribution < 1.29 is 4.79 Å². The molecule has 1 aromatic carbocycles. The molecule has 0 atom stereocenters. The Labute approximate surface area is 139 Å².